The first kappa shape index (κ1) is 19.9. The molecule has 1 aliphatic heterocycles. The average Bonchev–Trinajstić information content (AvgIpc) is 2.54. The van der Waals surface area contributed by atoms with Gasteiger partial charge in [-0.1, -0.05) is 23.7 Å². The Kier molecular flexibility index (Phi) is 6.00. The van der Waals surface area contributed by atoms with Gasteiger partial charge in [0.25, 0.3) is 0 Å². The number of rotatable bonds is 4. The Hall–Kier alpha value is -2.44. The van der Waals surface area contributed by atoms with Crippen molar-refractivity contribution in [2.75, 3.05) is 4.90 Å². The fourth-order valence-electron chi connectivity index (χ4n) is 2.69. The molecular weight excluding hydrogens is 373 g/mol. The lowest BCUT2D eigenvalue weighted by molar-refractivity contribution is 0.306. The van der Waals surface area contributed by atoms with Crippen LogP contribution in [0.5, 0.6) is 5.75 Å². The molecule has 0 radical (unpaired) electrons. The topological polar surface area (TPSA) is 89.2 Å². The Morgan fingerprint density at radius 1 is 1.04 bits per heavy atom. The Morgan fingerprint density at radius 3 is 2.23 bits per heavy atom. The van der Waals surface area contributed by atoms with Crippen molar-refractivity contribution in [3.8, 4) is 5.75 Å². The van der Waals surface area contributed by atoms with Crippen molar-refractivity contribution >= 4 is 41.6 Å². The Bertz CT molecular complexity index is 816. The van der Waals surface area contributed by atoms with Crippen molar-refractivity contribution in [1.82, 2.24) is 0 Å². The van der Waals surface area contributed by atoms with Crippen LogP contribution in [-0.2, 0) is 6.61 Å². The average molecular weight is 394 g/mol. The van der Waals surface area contributed by atoms with E-state index >= 15 is 0 Å². The Morgan fingerprint density at radius 2 is 1.65 bits per heavy atom. The number of benzene rings is 2. The minimum atomic E-state index is -0.610. The van der Waals surface area contributed by atoms with E-state index in [1.54, 1.807) is 0 Å². The predicted octanol–water partition coefficient (Wildman–Crippen LogP) is 3.53. The van der Waals surface area contributed by atoms with Gasteiger partial charge in [-0.05, 0) is 55.8 Å². The molecule has 0 fully saturated rings. The summed E-state index contributed by atoms with van der Waals surface area (Å²) in [6.45, 7) is 4.31. The second kappa shape index (κ2) is 7.85. The predicted molar refractivity (Wildman–Crippen MR) is 109 cm³/mol. The highest BCUT2D eigenvalue weighted by molar-refractivity contribution is 6.30. The number of nitrogens with two attached hydrogens (primary N) is 2. The van der Waals surface area contributed by atoms with Crippen LogP contribution < -0.4 is 21.1 Å². The summed E-state index contributed by atoms with van der Waals surface area (Å²) < 4.78 is 5.80. The van der Waals surface area contributed by atoms with Gasteiger partial charge in [-0.15, -0.1) is 12.4 Å². The van der Waals surface area contributed by atoms with E-state index in [4.69, 9.17) is 27.8 Å². The van der Waals surface area contributed by atoms with Gasteiger partial charge in [-0.3, -0.25) is 4.90 Å². The highest BCUT2D eigenvalue weighted by Gasteiger charge is 2.32. The van der Waals surface area contributed by atoms with E-state index in [0.29, 0.717) is 17.6 Å². The summed E-state index contributed by atoms with van der Waals surface area (Å²) in [6, 6.07) is 15.2. The zero-order chi connectivity index (χ0) is 18.0. The van der Waals surface area contributed by atoms with Gasteiger partial charge < -0.3 is 16.2 Å². The first-order valence-corrected chi connectivity index (χ1v) is 8.20. The van der Waals surface area contributed by atoms with Crippen LogP contribution in [0.2, 0.25) is 5.02 Å². The lowest BCUT2D eigenvalue weighted by atomic mass is 10.1. The molecule has 2 aromatic carbocycles. The van der Waals surface area contributed by atoms with Crippen molar-refractivity contribution in [1.29, 1.82) is 0 Å². The molecule has 6 nitrogen and oxygen atoms in total. The smallest absolute Gasteiger partial charge is 0.220 e. The minimum Gasteiger partial charge on any atom is -0.489 e. The van der Waals surface area contributed by atoms with Crippen molar-refractivity contribution < 1.29 is 4.74 Å². The summed E-state index contributed by atoms with van der Waals surface area (Å²) in [5.74, 6) is 1.25. The summed E-state index contributed by atoms with van der Waals surface area (Å²) >= 11 is 5.88. The van der Waals surface area contributed by atoms with Crippen LogP contribution in [0.1, 0.15) is 19.4 Å². The lowest BCUT2D eigenvalue weighted by Gasteiger charge is -2.38. The van der Waals surface area contributed by atoms with Crippen molar-refractivity contribution in [2.45, 2.75) is 26.1 Å². The van der Waals surface area contributed by atoms with Crippen LogP contribution >= 0.6 is 24.0 Å². The molecule has 1 aliphatic rings. The molecule has 0 amide bonds. The molecule has 0 aliphatic carbocycles. The first-order chi connectivity index (χ1) is 11.8. The normalized spacial score (nSPS) is 15.6. The molecule has 2 aromatic rings. The monoisotopic (exact) mass is 393 g/mol. The molecule has 1 heterocycles. The summed E-state index contributed by atoms with van der Waals surface area (Å²) in [5, 5.41) is 0.708. The van der Waals surface area contributed by atoms with Crippen LogP contribution in [0.3, 0.4) is 0 Å². The standard InChI is InChI=1S/C18H20ClN5O.ClH/c1-18(2)23-16(20)22-17(21)24(18)14-7-9-15(10-8-14)25-11-12-3-5-13(19)6-4-12;/h3-10H,11H2,1-2H3,(H4,20,21,22,23);1H. The molecule has 0 saturated heterocycles. The van der Waals surface area contributed by atoms with E-state index in [1.165, 1.54) is 0 Å². The zero-order valence-corrected chi connectivity index (χ0v) is 16.1. The molecule has 0 unspecified atom stereocenters. The molecule has 8 heteroatoms. The van der Waals surface area contributed by atoms with Gasteiger partial charge in [0.1, 0.15) is 18.0 Å². The van der Waals surface area contributed by atoms with Crippen molar-refractivity contribution in [3.05, 3.63) is 59.1 Å². The number of aliphatic imine (C=N–C) groups is 2. The second-order valence-corrected chi connectivity index (χ2v) is 6.62. The first-order valence-electron chi connectivity index (χ1n) is 7.82. The molecule has 26 heavy (non-hydrogen) atoms. The molecule has 0 aromatic heterocycles. The van der Waals surface area contributed by atoms with Gasteiger partial charge >= 0.3 is 0 Å². The molecule has 0 saturated carbocycles. The fourth-order valence-corrected chi connectivity index (χ4v) is 2.82. The van der Waals surface area contributed by atoms with E-state index in [1.807, 2.05) is 67.3 Å². The largest absolute Gasteiger partial charge is 0.489 e. The number of hydrogen-bond donors (Lipinski definition) is 2. The van der Waals surface area contributed by atoms with Crippen LogP contribution in [-0.4, -0.2) is 17.6 Å². The maximum absolute atomic E-state index is 6.04. The fraction of sp³-hybridized carbons (Fsp3) is 0.222. The molecular formula is C18H21Cl2N5O. The van der Waals surface area contributed by atoms with Gasteiger partial charge in [-0.25, -0.2) is 4.99 Å². The number of hydrogen-bond acceptors (Lipinski definition) is 6. The summed E-state index contributed by atoms with van der Waals surface area (Å²) in [6.07, 6.45) is 0. The molecule has 138 valence electrons. The van der Waals surface area contributed by atoms with E-state index in [-0.39, 0.29) is 18.4 Å². The third kappa shape index (κ3) is 4.39. The lowest BCUT2D eigenvalue weighted by Crippen LogP contribution is -2.54. The maximum atomic E-state index is 6.04. The van der Waals surface area contributed by atoms with E-state index in [2.05, 4.69) is 9.98 Å². The second-order valence-electron chi connectivity index (χ2n) is 6.18. The minimum absolute atomic E-state index is 0. The van der Waals surface area contributed by atoms with Gasteiger partial charge in [0.2, 0.25) is 11.9 Å². The maximum Gasteiger partial charge on any atom is 0.220 e. The SMILES string of the molecule is CC1(C)N=C(N)N=C(N)N1c1ccc(OCc2ccc(Cl)cc2)cc1.Cl. The third-order valence-corrected chi connectivity index (χ3v) is 4.06. The van der Waals surface area contributed by atoms with Crippen molar-refractivity contribution in [2.24, 2.45) is 21.5 Å². The van der Waals surface area contributed by atoms with Crippen LogP contribution in [0, 0.1) is 0 Å². The Labute approximate surface area is 163 Å². The van der Waals surface area contributed by atoms with Crippen molar-refractivity contribution in [3.63, 3.8) is 0 Å². The number of ether oxygens (including phenoxy) is 1. The van der Waals surface area contributed by atoms with E-state index in [0.717, 1.165) is 17.0 Å². The number of guanidine groups is 2. The molecule has 0 atom stereocenters. The van der Waals surface area contributed by atoms with Crippen LogP contribution in [0.15, 0.2) is 58.5 Å². The molecule has 3 rings (SSSR count). The van der Waals surface area contributed by atoms with E-state index < -0.39 is 5.66 Å². The number of nitrogens with zero attached hydrogens (tertiary/aromatic N) is 3. The quantitative estimate of drug-likeness (QED) is 0.830. The molecule has 0 spiro atoms. The van der Waals surface area contributed by atoms with Gasteiger partial charge in [0.05, 0.1) is 0 Å². The van der Waals surface area contributed by atoms with Gasteiger partial charge in [0, 0.05) is 10.7 Å². The zero-order valence-electron chi connectivity index (χ0n) is 14.5. The van der Waals surface area contributed by atoms with Gasteiger partial charge in [0.15, 0.2) is 0 Å². The summed E-state index contributed by atoms with van der Waals surface area (Å²) in [5.41, 5.74) is 13.0. The Balaban J connectivity index is 0.00000243. The summed E-state index contributed by atoms with van der Waals surface area (Å²) in [7, 11) is 0. The number of anilines is 1. The highest BCUT2D eigenvalue weighted by Crippen LogP contribution is 2.29. The third-order valence-electron chi connectivity index (χ3n) is 3.81. The molecule has 0 bridgehead atoms. The van der Waals surface area contributed by atoms with Gasteiger partial charge in [-0.2, -0.15) is 4.99 Å². The highest BCUT2D eigenvalue weighted by atomic mass is 35.5. The molecule has 4 N–H and O–H groups in total. The van der Waals surface area contributed by atoms with Crippen LogP contribution in [0.25, 0.3) is 0 Å². The van der Waals surface area contributed by atoms with Crippen LogP contribution in [0.4, 0.5) is 5.69 Å². The van der Waals surface area contributed by atoms with E-state index in [9.17, 15) is 0 Å². The number of halogens is 2. The summed E-state index contributed by atoms with van der Waals surface area (Å²) in [4.78, 5) is 10.2.